The van der Waals surface area contributed by atoms with Crippen molar-refractivity contribution in [2.24, 2.45) is 0 Å². The molecule has 0 aliphatic heterocycles. The standard InChI is InChI=1S/C12H20N2O2/c1-4-14(5-2)10(3)9-13-12(15)11-7-6-8-16-11/h6-8,10H,4-5,9H2,1-3H3,(H,13,15). The van der Waals surface area contributed by atoms with Gasteiger partial charge in [0.15, 0.2) is 5.76 Å². The highest BCUT2D eigenvalue weighted by Gasteiger charge is 2.13. The zero-order chi connectivity index (χ0) is 12.0. The Hall–Kier alpha value is -1.29. The molecule has 0 aromatic carbocycles. The number of amides is 1. The Bertz CT molecular complexity index is 305. The fourth-order valence-corrected chi connectivity index (χ4v) is 1.71. The monoisotopic (exact) mass is 224 g/mol. The van der Waals surface area contributed by atoms with Gasteiger partial charge in [-0.2, -0.15) is 0 Å². The van der Waals surface area contributed by atoms with Crippen molar-refractivity contribution in [3.8, 4) is 0 Å². The number of rotatable bonds is 6. The van der Waals surface area contributed by atoms with E-state index in [9.17, 15) is 4.79 Å². The van der Waals surface area contributed by atoms with E-state index in [4.69, 9.17) is 4.42 Å². The fraction of sp³-hybridized carbons (Fsp3) is 0.583. The van der Waals surface area contributed by atoms with Gasteiger partial charge in [-0.25, -0.2) is 0 Å². The molecule has 1 heterocycles. The van der Waals surface area contributed by atoms with Crippen LogP contribution in [0.2, 0.25) is 0 Å². The number of nitrogens with one attached hydrogen (secondary N) is 1. The highest BCUT2D eigenvalue weighted by atomic mass is 16.3. The van der Waals surface area contributed by atoms with E-state index in [-0.39, 0.29) is 5.91 Å². The highest BCUT2D eigenvalue weighted by molar-refractivity contribution is 5.91. The van der Waals surface area contributed by atoms with Crippen LogP contribution in [0.4, 0.5) is 0 Å². The van der Waals surface area contributed by atoms with Crippen LogP contribution in [-0.2, 0) is 0 Å². The molecule has 0 radical (unpaired) electrons. The summed E-state index contributed by atoms with van der Waals surface area (Å²) in [6, 6.07) is 3.72. The normalized spacial score (nSPS) is 12.8. The van der Waals surface area contributed by atoms with Gasteiger partial charge in [0.2, 0.25) is 0 Å². The van der Waals surface area contributed by atoms with Gasteiger partial charge in [0.25, 0.3) is 5.91 Å². The minimum atomic E-state index is -0.149. The van der Waals surface area contributed by atoms with Gasteiger partial charge >= 0.3 is 0 Å². The van der Waals surface area contributed by atoms with Crippen molar-refractivity contribution in [3.63, 3.8) is 0 Å². The molecule has 1 N–H and O–H groups in total. The lowest BCUT2D eigenvalue weighted by Gasteiger charge is -2.26. The summed E-state index contributed by atoms with van der Waals surface area (Å²) < 4.78 is 5.02. The summed E-state index contributed by atoms with van der Waals surface area (Å²) in [5, 5.41) is 2.86. The second-order valence-corrected chi connectivity index (χ2v) is 3.76. The fourth-order valence-electron chi connectivity index (χ4n) is 1.71. The van der Waals surface area contributed by atoms with Crippen LogP contribution < -0.4 is 5.32 Å². The van der Waals surface area contributed by atoms with Crippen molar-refractivity contribution < 1.29 is 9.21 Å². The van der Waals surface area contributed by atoms with Crippen LogP contribution in [0, 0.1) is 0 Å². The number of furan rings is 1. The number of hydrogen-bond donors (Lipinski definition) is 1. The van der Waals surface area contributed by atoms with E-state index in [2.05, 4.69) is 31.0 Å². The molecule has 0 bridgehead atoms. The summed E-state index contributed by atoms with van der Waals surface area (Å²) in [7, 11) is 0. The van der Waals surface area contributed by atoms with Gasteiger partial charge < -0.3 is 9.73 Å². The van der Waals surface area contributed by atoms with Crippen LogP contribution in [0.3, 0.4) is 0 Å². The lowest BCUT2D eigenvalue weighted by molar-refractivity contribution is 0.0910. The molecule has 0 saturated carbocycles. The van der Waals surface area contributed by atoms with Crippen LogP contribution in [0.15, 0.2) is 22.8 Å². The predicted octanol–water partition coefficient (Wildman–Crippen LogP) is 1.74. The zero-order valence-electron chi connectivity index (χ0n) is 10.2. The van der Waals surface area contributed by atoms with Crippen molar-refractivity contribution in [2.75, 3.05) is 19.6 Å². The Morgan fingerprint density at radius 3 is 2.69 bits per heavy atom. The number of carbonyl (C=O) groups is 1. The summed E-state index contributed by atoms with van der Waals surface area (Å²) in [6.07, 6.45) is 1.50. The summed E-state index contributed by atoms with van der Waals surface area (Å²) in [4.78, 5) is 13.9. The van der Waals surface area contributed by atoms with Crippen molar-refractivity contribution in [3.05, 3.63) is 24.2 Å². The lowest BCUT2D eigenvalue weighted by Crippen LogP contribution is -2.41. The summed E-state index contributed by atoms with van der Waals surface area (Å²) >= 11 is 0. The minimum Gasteiger partial charge on any atom is -0.459 e. The van der Waals surface area contributed by atoms with Gasteiger partial charge in [-0.3, -0.25) is 9.69 Å². The summed E-state index contributed by atoms with van der Waals surface area (Å²) in [6.45, 7) is 8.97. The third kappa shape index (κ3) is 3.38. The van der Waals surface area contributed by atoms with E-state index in [1.54, 1.807) is 12.1 Å². The molecule has 4 nitrogen and oxygen atoms in total. The van der Waals surface area contributed by atoms with Crippen molar-refractivity contribution >= 4 is 5.91 Å². The first-order valence-corrected chi connectivity index (χ1v) is 5.74. The lowest BCUT2D eigenvalue weighted by atomic mass is 10.2. The molecular formula is C12H20N2O2. The Labute approximate surface area is 96.6 Å². The maximum Gasteiger partial charge on any atom is 0.287 e. The van der Waals surface area contributed by atoms with Gasteiger partial charge in [-0.1, -0.05) is 13.8 Å². The molecule has 1 aromatic rings. The molecule has 16 heavy (non-hydrogen) atoms. The Morgan fingerprint density at radius 2 is 2.19 bits per heavy atom. The molecule has 1 atom stereocenters. The number of nitrogens with zero attached hydrogens (tertiary/aromatic N) is 1. The van der Waals surface area contributed by atoms with Crippen molar-refractivity contribution in [1.29, 1.82) is 0 Å². The molecule has 0 aliphatic carbocycles. The molecule has 1 rings (SSSR count). The van der Waals surface area contributed by atoms with E-state index >= 15 is 0 Å². The molecule has 0 spiro atoms. The van der Waals surface area contributed by atoms with Gasteiger partial charge in [-0.05, 0) is 32.1 Å². The third-order valence-corrected chi connectivity index (χ3v) is 2.74. The molecular weight excluding hydrogens is 204 g/mol. The van der Waals surface area contributed by atoms with E-state index < -0.39 is 0 Å². The minimum absolute atomic E-state index is 0.149. The highest BCUT2D eigenvalue weighted by Crippen LogP contribution is 2.01. The first-order chi connectivity index (χ1) is 7.69. The topological polar surface area (TPSA) is 45.5 Å². The average molecular weight is 224 g/mol. The second kappa shape index (κ2) is 6.33. The number of likely N-dealkylation sites (N-methyl/N-ethyl adjacent to an activating group) is 1. The molecule has 90 valence electrons. The summed E-state index contributed by atoms with van der Waals surface area (Å²) in [5.74, 6) is 0.218. The van der Waals surface area contributed by atoms with Gasteiger partial charge in [0.05, 0.1) is 6.26 Å². The Morgan fingerprint density at radius 1 is 1.50 bits per heavy atom. The van der Waals surface area contributed by atoms with E-state index in [1.807, 2.05) is 0 Å². The maximum absolute atomic E-state index is 11.6. The van der Waals surface area contributed by atoms with E-state index in [0.717, 1.165) is 13.1 Å². The molecule has 0 fully saturated rings. The van der Waals surface area contributed by atoms with Gasteiger partial charge in [-0.15, -0.1) is 0 Å². The van der Waals surface area contributed by atoms with Crippen LogP contribution in [0.5, 0.6) is 0 Å². The molecule has 0 saturated heterocycles. The van der Waals surface area contributed by atoms with Crippen molar-refractivity contribution in [2.45, 2.75) is 26.8 Å². The molecule has 1 aromatic heterocycles. The predicted molar refractivity (Wildman–Crippen MR) is 63.4 cm³/mol. The summed E-state index contributed by atoms with van der Waals surface area (Å²) in [5.41, 5.74) is 0. The number of hydrogen-bond acceptors (Lipinski definition) is 3. The van der Waals surface area contributed by atoms with E-state index in [0.29, 0.717) is 18.3 Å². The molecule has 1 amide bonds. The molecule has 1 unspecified atom stereocenters. The van der Waals surface area contributed by atoms with E-state index in [1.165, 1.54) is 6.26 Å². The number of carbonyl (C=O) groups excluding carboxylic acids is 1. The first kappa shape index (κ1) is 12.8. The molecule has 0 aliphatic rings. The SMILES string of the molecule is CCN(CC)C(C)CNC(=O)c1ccco1. The average Bonchev–Trinajstić information content (AvgIpc) is 2.81. The molecule has 4 heteroatoms. The van der Waals surface area contributed by atoms with Crippen LogP contribution >= 0.6 is 0 Å². The van der Waals surface area contributed by atoms with Crippen LogP contribution in [-0.4, -0.2) is 36.5 Å². The van der Waals surface area contributed by atoms with Crippen LogP contribution in [0.1, 0.15) is 31.3 Å². The smallest absolute Gasteiger partial charge is 0.287 e. The Kier molecular flexibility index (Phi) is 5.05. The maximum atomic E-state index is 11.6. The zero-order valence-corrected chi connectivity index (χ0v) is 10.2. The quantitative estimate of drug-likeness (QED) is 0.800. The second-order valence-electron chi connectivity index (χ2n) is 3.76. The first-order valence-electron chi connectivity index (χ1n) is 5.74. The largest absolute Gasteiger partial charge is 0.459 e. The van der Waals surface area contributed by atoms with Crippen LogP contribution in [0.25, 0.3) is 0 Å². The Balaban J connectivity index is 2.37. The van der Waals surface area contributed by atoms with Gasteiger partial charge in [0, 0.05) is 12.6 Å². The third-order valence-electron chi connectivity index (χ3n) is 2.74. The van der Waals surface area contributed by atoms with Gasteiger partial charge in [0.1, 0.15) is 0 Å². The van der Waals surface area contributed by atoms with Crippen molar-refractivity contribution in [1.82, 2.24) is 10.2 Å².